The second kappa shape index (κ2) is 14.7. The third-order valence-electron chi connectivity index (χ3n) is 13.2. The number of hydrogen-bond donors (Lipinski definition) is 1. The molecule has 0 amide bonds. The number of aromatic nitrogens is 1. The van der Waals surface area contributed by atoms with E-state index in [0.29, 0.717) is 11.2 Å². The molecule has 0 fully saturated rings. The van der Waals surface area contributed by atoms with Gasteiger partial charge in [-0.15, -0.1) is 23.1 Å². The van der Waals surface area contributed by atoms with Crippen LogP contribution < -0.4 is 0 Å². The summed E-state index contributed by atoms with van der Waals surface area (Å²) in [7, 11) is 0. The number of rotatable bonds is 6. The van der Waals surface area contributed by atoms with Gasteiger partial charge in [0.2, 0.25) is 0 Å². The van der Waals surface area contributed by atoms with E-state index in [1.54, 1.807) is 0 Å². The zero-order valence-corrected chi connectivity index (χ0v) is 35.9. The Bertz CT molecular complexity index is 3660. The van der Waals surface area contributed by atoms with Crippen LogP contribution in [0.5, 0.6) is 0 Å². The third kappa shape index (κ3) is 6.07. The van der Waals surface area contributed by atoms with E-state index in [0.717, 1.165) is 11.0 Å². The van der Waals surface area contributed by atoms with Crippen LogP contribution in [0.2, 0.25) is 0 Å². The van der Waals surface area contributed by atoms with Gasteiger partial charge in [-0.1, -0.05) is 182 Å². The molecular formula is C60H39NS2. The van der Waals surface area contributed by atoms with E-state index < -0.39 is 0 Å². The van der Waals surface area contributed by atoms with Gasteiger partial charge in [-0.25, -0.2) is 0 Å². The van der Waals surface area contributed by atoms with Crippen molar-refractivity contribution in [3.63, 3.8) is 0 Å². The van der Waals surface area contributed by atoms with E-state index >= 15 is 0 Å². The summed E-state index contributed by atoms with van der Waals surface area (Å²) in [6.07, 6.45) is 7.01. The first-order valence-electron chi connectivity index (χ1n) is 21.7. The Morgan fingerprint density at radius 3 is 1.54 bits per heavy atom. The first-order valence-corrected chi connectivity index (χ1v) is 23.4. The molecule has 2 aliphatic rings. The van der Waals surface area contributed by atoms with Gasteiger partial charge in [0.25, 0.3) is 0 Å². The van der Waals surface area contributed by atoms with Crippen LogP contribution in [-0.4, -0.2) is 10.2 Å². The SMILES string of the molecule is C1=CC2c3cccc(-c4ccc5[nH]c6ccc(-c7cccc8c7sc7c(-c9cccc(-c%10ccccc%10)c9)cccc78)cc6c5c4)c3SC2C(c2cccc(-c3ccccc3)c2)=C1. The quantitative estimate of drug-likeness (QED) is 0.176. The van der Waals surface area contributed by atoms with Crippen LogP contribution in [0.4, 0.5) is 0 Å². The second-order valence-corrected chi connectivity index (χ2v) is 19.0. The zero-order chi connectivity index (χ0) is 41.4. The van der Waals surface area contributed by atoms with Crippen molar-refractivity contribution in [1.29, 1.82) is 0 Å². The average Bonchev–Trinajstić information content (AvgIpc) is 4.06. The molecule has 3 heteroatoms. The minimum absolute atomic E-state index is 0.323. The molecule has 0 spiro atoms. The summed E-state index contributed by atoms with van der Waals surface area (Å²) < 4.78 is 2.65. The number of thioether (sulfide) groups is 1. The summed E-state index contributed by atoms with van der Waals surface area (Å²) in [6, 6.07) is 73.9. The lowest BCUT2D eigenvalue weighted by Gasteiger charge is -2.23. The summed E-state index contributed by atoms with van der Waals surface area (Å²) in [4.78, 5) is 5.15. The summed E-state index contributed by atoms with van der Waals surface area (Å²) in [5, 5.41) is 5.45. The molecule has 3 heterocycles. The predicted octanol–water partition coefficient (Wildman–Crippen LogP) is 17.2. The van der Waals surface area contributed by atoms with Crippen LogP contribution in [0.1, 0.15) is 17.0 Å². The highest BCUT2D eigenvalue weighted by atomic mass is 32.2. The average molecular weight is 838 g/mol. The van der Waals surface area contributed by atoms with E-state index in [2.05, 4.69) is 223 Å². The normalized spacial score (nSPS) is 15.6. The molecule has 0 saturated carbocycles. The second-order valence-electron chi connectivity index (χ2n) is 16.8. The molecule has 0 bridgehead atoms. The fourth-order valence-electron chi connectivity index (χ4n) is 10.1. The van der Waals surface area contributed by atoms with Crippen molar-refractivity contribution in [2.45, 2.75) is 16.1 Å². The Labute approximate surface area is 374 Å². The van der Waals surface area contributed by atoms with Crippen LogP contribution in [-0.2, 0) is 0 Å². The number of nitrogens with one attached hydrogen (secondary N) is 1. The first kappa shape index (κ1) is 36.5. The summed E-state index contributed by atoms with van der Waals surface area (Å²) in [5.74, 6) is 0.330. The van der Waals surface area contributed by atoms with Gasteiger partial charge in [-0.2, -0.15) is 0 Å². The maximum atomic E-state index is 3.75. The molecule has 0 radical (unpaired) electrons. The lowest BCUT2D eigenvalue weighted by molar-refractivity contribution is 0.893. The van der Waals surface area contributed by atoms with E-state index in [-0.39, 0.29) is 0 Å². The smallest absolute Gasteiger partial charge is 0.0465 e. The lowest BCUT2D eigenvalue weighted by Crippen LogP contribution is -2.13. The van der Waals surface area contributed by atoms with Gasteiger partial charge in [0, 0.05) is 58.0 Å². The minimum atomic E-state index is 0.323. The Hall–Kier alpha value is -7.17. The van der Waals surface area contributed by atoms with Gasteiger partial charge in [0.15, 0.2) is 0 Å². The van der Waals surface area contributed by atoms with Crippen LogP contribution in [0.15, 0.2) is 223 Å². The molecule has 2 aromatic heterocycles. The van der Waals surface area contributed by atoms with Gasteiger partial charge in [-0.05, 0) is 109 Å². The van der Waals surface area contributed by atoms with Crippen LogP contribution in [0.25, 0.3) is 103 Å². The maximum absolute atomic E-state index is 3.75. The fraction of sp³-hybridized carbons (Fsp3) is 0.0333. The largest absolute Gasteiger partial charge is 0.355 e. The fourth-order valence-corrected chi connectivity index (χ4v) is 13.2. The molecule has 2 atom stereocenters. The van der Waals surface area contributed by atoms with Crippen molar-refractivity contribution < 1.29 is 0 Å². The standard InChI is InChI=1S/C60H39NS2/c1-3-13-37(14-4-1)39-17-7-19-41(33-39)45-21-9-25-49-51-27-11-23-47(59(51)62-57(45)49)43-29-31-55-53(35-43)54-36-44(30-32-56(54)61-55)48-24-12-28-52-50-26-10-22-46(58(50)63-60(48)52)42-20-8-18-40(34-42)38-15-5-2-6-16-38/h1-36,49,57,61H. The Kier molecular flexibility index (Phi) is 8.53. The molecule has 1 nitrogen and oxygen atoms in total. The number of benzene rings is 9. The lowest BCUT2D eigenvalue weighted by atomic mass is 9.84. The Balaban J connectivity index is 0.870. The summed E-state index contributed by atoms with van der Waals surface area (Å²) >= 11 is 3.95. The van der Waals surface area contributed by atoms with E-state index in [1.165, 1.54) is 108 Å². The molecule has 13 rings (SSSR count). The number of fused-ring (bicyclic) bond motifs is 9. The van der Waals surface area contributed by atoms with Crippen molar-refractivity contribution >= 4 is 70.6 Å². The maximum Gasteiger partial charge on any atom is 0.0465 e. The molecular weight excluding hydrogens is 799 g/mol. The van der Waals surface area contributed by atoms with E-state index in [1.807, 2.05) is 23.1 Å². The van der Waals surface area contributed by atoms with Crippen LogP contribution in [0.3, 0.4) is 0 Å². The third-order valence-corrected chi connectivity index (χ3v) is 16.0. The molecule has 0 saturated heterocycles. The van der Waals surface area contributed by atoms with Crippen molar-refractivity contribution in [2.75, 3.05) is 0 Å². The highest BCUT2D eigenvalue weighted by Crippen LogP contribution is 2.56. The topological polar surface area (TPSA) is 15.8 Å². The summed E-state index contributed by atoms with van der Waals surface area (Å²) in [6.45, 7) is 0. The molecule has 296 valence electrons. The first-order chi connectivity index (χ1) is 31.2. The van der Waals surface area contributed by atoms with Crippen LogP contribution in [0, 0.1) is 0 Å². The number of allylic oxidation sites excluding steroid dienone is 3. The summed E-state index contributed by atoms with van der Waals surface area (Å²) in [5.41, 5.74) is 19.0. The highest BCUT2D eigenvalue weighted by molar-refractivity contribution is 8.01. The minimum Gasteiger partial charge on any atom is -0.355 e. The molecule has 1 aliphatic carbocycles. The molecule has 1 N–H and O–H groups in total. The van der Waals surface area contributed by atoms with Gasteiger partial charge >= 0.3 is 0 Å². The van der Waals surface area contributed by atoms with Crippen molar-refractivity contribution in [2.24, 2.45) is 0 Å². The highest BCUT2D eigenvalue weighted by Gasteiger charge is 2.37. The molecule has 2 unspecified atom stereocenters. The molecule has 1 aliphatic heterocycles. The Morgan fingerprint density at radius 2 is 0.889 bits per heavy atom. The van der Waals surface area contributed by atoms with E-state index in [9.17, 15) is 0 Å². The van der Waals surface area contributed by atoms with Gasteiger partial charge < -0.3 is 4.98 Å². The molecule has 11 aromatic rings. The van der Waals surface area contributed by atoms with Gasteiger partial charge in [0.1, 0.15) is 0 Å². The van der Waals surface area contributed by atoms with E-state index in [4.69, 9.17) is 0 Å². The van der Waals surface area contributed by atoms with Gasteiger partial charge in [-0.3, -0.25) is 0 Å². The van der Waals surface area contributed by atoms with Crippen molar-refractivity contribution in [1.82, 2.24) is 4.98 Å². The number of aromatic amines is 1. The predicted molar refractivity (Wildman–Crippen MR) is 272 cm³/mol. The molecule has 9 aromatic carbocycles. The van der Waals surface area contributed by atoms with Gasteiger partial charge in [0.05, 0.1) is 0 Å². The zero-order valence-electron chi connectivity index (χ0n) is 34.3. The monoisotopic (exact) mass is 837 g/mol. The number of hydrogen-bond acceptors (Lipinski definition) is 2. The Morgan fingerprint density at radius 1 is 0.381 bits per heavy atom. The molecule has 63 heavy (non-hydrogen) atoms. The number of H-pyrrole nitrogens is 1. The van der Waals surface area contributed by atoms with Crippen molar-refractivity contribution in [3.8, 4) is 55.6 Å². The van der Waals surface area contributed by atoms with Crippen LogP contribution >= 0.6 is 23.1 Å². The number of thiophene rings is 1. The van der Waals surface area contributed by atoms with Crippen molar-refractivity contribution in [3.05, 3.63) is 230 Å².